The molecule has 1 aliphatic heterocycles. The van der Waals surface area contributed by atoms with Crippen LogP contribution in [0.5, 0.6) is 5.75 Å². The van der Waals surface area contributed by atoms with Crippen LogP contribution in [0, 0.1) is 0 Å². The van der Waals surface area contributed by atoms with Crippen molar-refractivity contribution in [3.63, 3.8) is 0 Å². The number of Topliss-reactive ketones (excluding diaryl/α,β-unsaturated/α-hetero) is 1. The summed E-state index contributed by atoms with van der Waals surface area (Å²) in [4.78, 5) is 24.8. The fourth-order valence-corrected chi connectivity index (χ4v) is 5.93. The number of ether oxygens (including phenoxy) is 2. The Hall–Kier alpha value is -2.79. The number of nitrogens with two attached hydrogens (primary N) is 1. The number of benzene rings is 2. The van der Waals surface area contributed by atoms with E-state index in [9.17, 15) is 18.0 Å². The molecular weight excluding hydrogens is 460 g/mol. The van der Waals surface area contributed by atoms with Crippen molar-refractivity contribution < 1.29 is 32.7 Å². The quantitative estimate of drug-likeness (QED) is 0.261. The largest absolute Gasteiger partial charge is 0.494 e. The van der Waals surface area contributed by atoms with Crippen molar-refractivity contribution in [2.24, 2.45) is 5.73 Å². The minimum absolute atomic E-state index is 0.0534. The summed E-state index contributed by atoms with van der Waals surface area (Å²) >= 11 is 0. The summed E-state index contributed by atoms with van der Waals surface area (Å²) in [5.41, 5.74) is 7.39. The molecule has 2 aromatic rings. The molecule has 1 aliphatic rings. The lowest BCUT2D eigenvalue weighted by Gasteiger charge is -2.34. The van der Waals surface area contributed by atoms with Crippen LogP contribution in [0.25, 0.3) is 0 Å². The first kappa shape index (κ1) is 25.8. The SMILES string of the molecule is CC(N)(C(=O)CCCOc1ccc(S(=O)(=O)C2(C(=O)NO)CCOCC2)cc1)c1ccccc1. The number of carbonyl (C=O) groups excluding carboxylic acids is 2. The zero-order valence-electron chi connectivity index (χ0n) is 19.0. The summed E-state index contributed by atoms with van der Waals surface area (Å²) in [6, 6.07) is 14.9. The Morgan fingerprint density at radius 1 is 1.12 bits per heavy atom. The Morgan fingerprint density at radius 3 is 2.32 bits per heavy atom. The van der Waals surface area contributed by atoms with Gasteiger partial charge in [-0.05, 0) is 56.0 Å². The molecule has 1 unspecified atom stereocenters. The topological polar surface area (TPSA) is 145 Å². The van der Waals surface area contributed by atoms with E-state index in [1.165, 1.54) is 29.7 Å². The second-order valence-corrected chi connectivity index (χ2v) is 10.7. The maximum Gasteiger partial charge on any atom is 0.265 e. The first-order chi connectivity index (χ1) is 16.1. The van der Waals surface area contributed by atoms with Crippen LogP contribution in [0.3, 0.4) is 0 Å². The minimum atomic E-state index is -4.10. The molecule has 2 aromatic carbocycles. The molecule has 9 nitrogen and oxygen atoms in total. The Labute approximate surface area is 199 Å². The van der Waals surface area contributed by atoms with Crippen molar-refractivity contribution in [2.75, 3.05) is 19.8 Å². The van der Waals surface area contributed by atoms with E-state index >= 15 is 0 Å². The predicted molar refractivity (Wildman–Crippen MR) is 124 cm³/mol. The molecule has 1 heterocycles. The third-order valence-electron chi connectivity index (χ3n) is 6.23. The van der Waals surface area contributed by atoms with Crippen LogP contribution >= 0.6 is 0 Å². The van der Waals surface area contributed by atoms with Crippen LogP contribution in [0.4, 0.5) is 0 Å². The smallest absolute Gasteiger partial charge is 0.265 e. The molecule has 1 atom stereocenters. The van der Waals surface area contributed by atoms with Gasteiger partial charge in [-0.15, -0.1) is 0 Å². The average molecular weight is 491 g/mol. The van der Waals surface area contributed by atoms with Gasteiger partial charge in [-0.25, -0.2) is 13.9 Å². The van der Waals surface area contributed by atoms with E-state index in [0.717, 1.165) is 5.56 Å². The summed E-state index contributed by atoms with van der Waals surface area (Å²) in [5.74, 6) is -0.645. The van der Waals surface area contributed by atoms with E-state index in [-0.39, 0.29) is 49.8 Å². The standard InChI is InChI=1S/C24H30N2O7S/c1-23(25,18-6-3-2-4-7-18)21(27)8-5-15-33-19-9-11-20(12-10-19)34(30,31)24(22(28)26-29)13-16-32-17-14-24/h2-4,6-7,9-12,29H,5,8,13-17,25H2,1H3,(H,26,28). The Morgan fingerprint density at radius 2 is 1.74 bits per heavy atom. The second-order valence-electron chi connectivity index (χ2n) is 8.47. The maximum atomic E-state index is 13.2. The van der Waals surface area contributed by atoms with E-state index in [1.807, 2.05) is 30.3 Å². The van der Waals surface area contributed by atoms with Crippen LogP contribution in [-0.4, -0.2) is 49.9 Å². The normalized spacial score (nSPS) is 17.4. The highest BCUT2D eigenvalue weighted by atomic mass is 32.2. The lowest BCUT2D eigenvalue weighted by molar-refractivity contribution is -0.134. The number of ketones is 1. The van der Waals surface area contributed by atoms with E-state index in [0.29, 0.717) is 12.2 Å². The fourth-order valence-electron chi connectivity index (χ4n) is 3.99. The van der Waals surface area contributed by atoms with E-state index in [4.69, 9.17) is 20.4 Å². The summed E-state index contributed by atoms with van der Waals surface area (Å²) in [6.07, 6.45) is 0.557. The van der Waals surface area contributed by atoms with Crippen LogP contribution in [0.15, 0.2) is 59.5 Å². The van der Waals surface area contributed by atoms with Gasteiger partial charge in [0.1, 0.15) is 5.75 Å². The molecule has 0 aliphatic carbocycles. The number of hydrogen-bond donors (Lipinski definition) is 3. The van der Waals surface area contributed by atoms with Crippen LogP contribution in [0.1, 0.15) is 38.2 Å². The van der Waals surface area contributed by atoms with E-state index in [1.54, 1.807) is 6.92 Å². The van der Waals surface area contributed by atoms with Gasteiger partial charge in [0.2, 0.25) is 0 Å². The number of amides is 1. The van der Waals surface area contributed by atoms with Gasteiger partial charge in [0.05, 0.1) is 17.0 Å². The van der Waals surface area contributed by atoms with E-state index < -0.39 is 26.0 Å². The molecule has 0 aromatic heterocycles. The summed E-state index contributed by atoms with van der Waals surface area (Å²) in [7, 11) is -4.10. The first-order valence-electron chi connectivity index (χ1n) is 11.0. The lowest BCUT2D eigenvalue weighted by atomic mass is 9.87. The number of nitrogens with one attached hydrogen (secondary N) is 1. The molecule has 184 valence electrons. The molecule has 3 rings (SSSR count). The Bertz CT molecular complexity index is 1090. The summed E-state index contributed by atoms with van der Waals surface area (Å²) in [6.45, 7) is 2.13. The highest BCUT2D eigenvalue weighted by molar-refractivity contribution is 7.93. The monoisotopic (exact) mass is 490 g/mol. The molecule has 10 heteroatoms. The zero-order chi connectivity index (χ0) is 24.8. The molecule has 1 saturated heterocycles. The highest BCUT2D eigenvalue weighted by Crippen LogP contribution is 2.35. The molecule has 4 N–H and O–H groups in total. The molecule has 0 bridgehead atoms. The lowest BCUT2D eigenvalue weighted by Crippen LogP contribution is -2.54. The van der Waals surface area contributed by atoms with Crippen molar-refractivity contribution in [3.8, 4) is 5.75 Å². The zero-order valence-corrected chi connectivity index (χ0v) is 19.8. The fraction of sp³-hybridized carbons (Fsp3) is 0.417. The number of carbonyl (C=O) groups is 2. The van der Waals surface area contributed by atoms with Gasteiger partial charge in [-0.2, -0.15) is 0 Å². The van der Waals surface area contributed by atoms with Gasteiger partial charge < -0.3 is 15.2 Å². The van der Waals surface area contributed by atoms with Gasteiger partial charge in [0.15, 0.2) is 20.4 Å². The number of hydroxylamine groups is 1. The number of sulfone groups is 1. The van der Waals surface area contributed by atoms with Crippen molar-refractivity contribution >= 4 is 21.5 Å². The second kappa shape index (κ2) is 10.6. The maximum absolute atomic E-state index is 13.2. The van der Waals surface area contributed by atoms with Crippen LogP contribution in [0.2, 0.25) is 0 Å². The van der Waals surface area contributed by atoms with Gasteiger partial charge in [0, 0.05) is 19.6 Å². The molecule has 34 heavy (non-hydrogen) atoms. The molecule has 1 amide bonds. The molecule has 0 radical (unpaired) electrons. The first-order valence-corrected chi connectivity index (χ1v) is 12.5. The number of hydrogen-bond acceptors (Lipinski definition) is 8. The predicted octanol–water partition coefficient (Wildman–Crippen LogP) is 2.12. The molecular formula is C24H30N2O7S. The van der Waals surface area contributed by atoms with Gasteiger partial charge >= 0.3 is 0 Å². The van der Waals surface area contributed by atoms with Gasteiger partial charge in [-0.1, -0.05) is 30.3 Å². The van der Waals surface area contributed by atoms with Gasteiger partial charge in [-0.3, -0.25) is 14.8 Å². The third kappa shape index (κ3) is 5.15. The Kier molecular flexibility index (Phi) is 8.09. The van der Waals surface area contributed by atoms with Crippen molar-refractivity contribution in [1.29, 1.82) is 0 Å². The molecule has 0 saturated carbocycles. The highest BCUT2D eigenvalue weighted by Gasteiger charge is 2.52. The van der Waals surface area contributed by atoms with Crippen molar-refractivity contribution in [1.82, 2.24) is 5.48 Å². The van der Waals surface area contributed by atoms with Gasteiger partial charge in [0.25, 0.3) is 5.91 Å². The average Bonchev–Trinajstić information content (AvgIpc) is 2.87. The van der Waals surface area contributed by atoms with Crippen LogP contribution in [-0.2, 0) is 29.7 Å². The molecule has 1 fully saturated rings. The third-order valence-corrected chi connectivity index (χ3v) is 8.75. The minimum Gasteiger partial charge on any atom is -0.494 e. The summed E-state index contributed by atoms with van der Waals surface area (Å²) < 4.78 is 35.6. The van der Waals surface area contributed by atoms with Crippen molar-refractivity contribution in [2.45, 2.75) is 47.8 Å². The van der Waals surface area contributed by atoms with Crippen molar-refractivity contribution in [3.05, 3.63) is 60.2 Å². The number of rotatable bonds is 10. The molecule has 0 spiro atoms. The van der Waals surface area contributed by atoms with E-state index in [2.05, 4.69) is 0 Å². The Balaban J connectivity index is 1.59. The summed E-state index contributed by atoms with van der Waals surface area (Å²) in [5, 5.41) is 9.12. The van der Waals surface area contributed by atoms with Crippen LogP contribution < -0.4 is 16.0 Å².